The molecule has 0 N–H and O–H groups in total. The van der Waals surface area contributed by atoms with E-state index in [9.17, 15) is 14.4 Å². The average molecular weight is 493 g/mol. The summed E-state index contributed by atoms with van der Waals surface area (Å²) in [6.07, 6.45) is 0.973. The topological polar surface area (TPSA) is 92.0 Å². The van der Waals surface area contributed by atoms with Crippen LogP contribution in [0.4, 0.5) is 0 Å². The maximum Gasteiger partial charge on any atom is 0.351 e. The second-order valence-corrected chi connectivity index (χ2v) is 10.4. The molecule has 1 aliphatic carbocycles. The van der Waals surface area contributed by atoms with Gasteiger partial charge in [-0.05, 0) is 38.8 Å². The van der Waals surface area contributed by atoms with Crippen LogP contribution in [0, 0.1) is 10.8 Å². The number of hydrogen-bond acceptors (Lipinski definition) is 7. The minimum atomic E-state index is -1.33. The lowest BCUT2D eigenvalue weighted by atomic mass is 9.66. The molecule has 3 atom stereocenters. The zero-order chi connectivity index (χ0) is 22.8. The zero-order valence-electron chi connectivity index (χ0n) is 18.2. The number of halogens is 1. The Bertz CT molecular complexity index is 1150. The van der Waals surface area contributed by atoms with E-state index < -0.39 is 22.4 Å². The molecular formula is C23H25BrO7. The van der Waals surface area contributed by atoms with Gasteiger partial charge < -0.3 is 18.6 Å². The summed E-state index contributed by atoms with van der Waals surface area (Å²) in [6, 6.07) is 4.70. The highest BCUT2D eigenvalue weighted by Crippen LogP contribution is 2.65. The molecule has 2 aromatic rings. The van der Waals surface area contributed by atoms with Crippen LogP contribution in [0.2, 0.25) is 0 Å². The lowest BCUT2D eigenvalue weighted by Gasteiger charge is -2.34. The molecule has 31 heavy (non-hydrogen) atoms. The van der Waals surface area contributed by atoms with Crippen LogP contribution in [0.25, 0.3) is 11.0 Å². The quantitative estimate of drug-likeness (QED) is 0.450. The first-order valence-electron chi connectivity index (χ1n) is 10.2. The summed E-state index contributed by atoms with van der Waals surface area (Å²) in [7, 11) is 1.49. The maximum absolute atomic E-state index is 13.2. The number of esters is 2. The lowest BCUT2D eigenvalue weighted by molar-refractivity contribution is -0.184. The van der Waals surface area contributed by atoms with Crippen LogP contribution in [0.15, 0.2) is 27.4 Å². The van der Waals surface area contributed by atoms with Gasteiger partial charge in [0.2, 0.25) is 5.60 Å². The Morgan fingerprint density at radius 3 is 2.48 bits per heavy atom. The number of hydrogen-bond donors (Lipinski definition) is 0. The molecule has 0 radical (unpaired) electrons. The van der Waals surface area contributed by atoms with Gasteiger partial charge >= 0.3 is 11.9 Å². The standard InChI is InChI=1S/C23H25BrO7/c1-12(24)17-10-15(25)13-6-7-16(28-5)14(18(13)30-17)11-29-20(27)23-9-8-22(4,19(26)31-23)21(23,2)3/h6-7,10,12H,8-9,11H2,1-5H3. The van der Waals surface area contributed by atoms with Gasteiger partial charge in [0.05, 0.1) is 28.3 Å². The minimum absolute atomic E-state index is 0.181. The molecule has 1 saturated heterocycles. The summed E-state index contributed by atoms with van der Waals surface area (Å²) in [5.41, 5.74) is -2.21. The second kappa shape index (κ2) is 7.08. The number of carbonyl (C=O) groups is 2. The van der Waals surface area contributed by atoms with Crippen molar-refractivity contribution in [3.8, 4) is 5.75 Å². The van der Waals surface area contributed by atoms with Gasteiger partial charge in [0.15, 0.2) is 5.43 Å². The van der Waals surface area contributed by atoms with Gasteiger partial charge in [-0.3, -0.25) is 9.59 Å². The van der Waals surface area contributed by atoms with Gasteiger partial charge in [-0.25, -0.2) is 4.79 Å². The summed E-state index contributed by atoms with van der Waals surface area (Å²) in [4.78, 5) is 38.1. The molecule has 2 heterocycles. The first-order valence-corrected chi connectivity index (χ1v) is 11.1. The summed E-state index contributed by atoms with van der Waals surface area (Å²) in [5.74, 6) is -0.0857. The molecule has 166 valence electrons. The Balaban J connectivity index is 1.72. The van der Waals surface area contributed by atoms with Crippen molar-refractivity contribution in [3.05, 3.63) is 39.7 Å². The Hall–Kier alpha value is -2.35. The van der Waals surface area contributed by atoms with E-state index in [-0.39, 0.29) is 22.8 Å². The zero-order valence-corrected chi connectivity index (χ0v) is 19.8. The van der Waals surface area contributed by atoms with Crippen molar-refractivity contribution in [2.24, 2.45) is 10.8 Å². The molecule has 1 aromatic heterocycles. The lowest BCUT2D eigenvalue weighted by Crippen LogP contribution is -2.48. The fraction of sp³-hybridized carbons (Fsp3) is 0.522. The Kier molecular flexibility index (Phi) is 5.00. The SMILES string of the molecule is COc1ccc2c(=O)cc(C(C)Br)oc2c1COC(=O)C12CCC(C)(C(=O)O1)C2(C)C. The van der Waals surface area contributed by atoms with Gasteiger partial charge in [-0.2, -0.15) is 0 Å². The summed E-state index contributed by atoms with van der Waals surface area (Å²) in [5, 5.41) is 0.364. The normalized spacial score (nSPS) is 27.2. The van der Waals surface area contributed by atoms with Crippen LogP contribution in [0.1, 0.15) is 56.7 Å². The Morgan fingerprint density at radius 2 is 1.94 bits per heavy atom. The number of carbonyl (C=O) groups excluding carboxylic acids is 2. The van der Waals surface area contributed by atoms with E-state index in [2.05, 4.69) is 15.9 Å². The monoisotopic (exact) mass is 492 g/mol. The Morgan fingerprint density at radius 1 is 1.23 bits per heavy atom. The number of rotatable bonds is 5. The van der Waals surface area contributed by atoms with Crippen LogP contribution in [0.5, 0.6) is 5.75 Å². The minimum Gasteiger partial charge on any atom is -0.496 e. The van der Waals surface area contributed by atoms with Crippen molar-refractivity contribution in [1.29, 1.82) is 0 Å². The van der Waals surface area contributed by atoms with Crippen LogP contribution in [0.3, 0.4) is 0 Å². The molecule has 7 nitrogen and oxygen atoms in total. The number of benzene rings is 1. The largest absolute Gasteiger partial charge is 0.496 e. The van der Waals surface area contributed by atoms with E-state index in [1.807, 2.05) is 27.7 Å². The molecular weight excluding hydrogens is 468 g/mol. The van der Waals surface area contributed by atoms with E-state index in [0.29, 0.717) is 40.9 Å². The highest BCUT2D eigenvalue weighted by molar-refractivity contribution is 9.09. The Labute approximate surface area is 188 Å². The molecule has 1 aromatic carbocycles. The fourth-order valence-corrected chi connectivity index (χ4v) is 4.98. The summed E-state index contributed by atoms with van der Waals surface area (Å²) in [6.45, 7) is 7.23. The van der Waals surface area contributed by atoms with Gasteiger partial charge in [0.25, 0.3) is 0 Å². The first-order chi connectivity index (χ1) is 14.5. The molecule has 2 fully saturated rings. The molecule has 2 aliphatic rings. The number of fused-ring (bicyclic) bond motifs is 3. The molecule has 2 bridgehead atoms. The van der Waals surface area contributed by atoms with Crippen molar-refractivity contribution in [1.82, 2.24) is 0 Å². The summed E-state index contributed by atoms with van der Waals surface area (Å²) >= 11 is 3.42. The second-order valence-electron chi connectivity index (χ2n) is 9.00. The number of ether oxygens (including phenoxy) is 3. The van der Waals surface area contributed by atoms with Gasteiger partial charge in [0, 0.05) is 11.5 Å². The van der Waals surface area contributed by atoms with Crippen molar-refractivity contribution < 1.29 is 28.2 Å². The molecule has 3 unspecified atom stereocenters. The van der Waals surface area contributed by atoms with E-state index >= 15 is 0 Å². The molecule has 0 spiro atoms. The van der Waals surface area contributed by atoms with Crippen molar-refractivity contribution in [2.45, 2.75) is 57.6 Å². The third kappa shape index (κ3) is 2.87. The number of methoxy groups -OCH3 is 1. The van der Waals surface area contributed by atoms with Crippen LogP contribution >= 0.6 is 15.9 Å². The van der Waals surface area contributed by atoms with Crippen LogP contribution < -0.4 is 10.2 Å². The highest BCUT2D eigenvalue weighted by Gasteiger charge is 2.76. The average Bonchev–Trinajstić information content (AvgIpc) is 3.01. The van der Waals surface area contributed by atoms with E-state index in [4.69, 9.17) is 18.6 Å². The third-order valence-electron chi connectivity index (χ3n) is 7.35. The molecule has 1 aliphatic heterocycles. The third-order valence-corrected chi connectivity index (χ3v) is 7.80. The first kappa shape index (κ1) is 21.9. The van der Waals surface area contributed by atoms with Crippen LogP contribution in [-0.2, 0) is 25.7 Å². The van der Waals surface area contributed by atoms with Gasteiger partial charge in [0.1, 0.15) is 23.7 Å². The van der Waals surface area contributed by atoms with Gasteiger partial charge in [-0.15, -0.1) is 0 Å². The number of alkyl halides is 1. The van der Waals surface area contributed by atoms with Crippen molar-refractivity contribution in [2.75, 3.05) is 7.11 Å². The predicted octanol–water partition coefficient (Wildman–Crippen LogP) is 4.42. The van der Waals surface area contributed by atoms with Crippen molar-refractivity contribution >= 4 is 38.8 Å². The molecule has 0 amide bonds. The van der Waals surface area contributed by atoms with E-state index in [1.54, 1.807) is 12.1 Å². The smallest absolute Gasteiger partial charge is 0.351 e. The fourth-order valence-electron chi connectivity index (χ4n) is 4.76. The van der Waals surface area contributed by atoms with Gasteiger partial charge in [-0.1, -0.05) is 29.8 Å². The predicted molar refractivity (Wildman–Crippen MR) is 116 cm³/mol. The van der Waals surface area contributed by atoms with E-state index in [1.165, 1.54) is 13.2 Å². The molecule has 1 saturated carbocycles. The molecule has 8 heteroatoms. The molecule has 4 rings (SSSR count). The summed E-state index contributed by atoms with van der Waals surface area (Å²) < 4.78 is 22.7. The van der Waals surface area contributed by atoms with E-state index in [0.717, 1.165) is 0 Å². The highest BCUT2D eigenvalue weighted by atomic mass is 79.9. The van der Waals surface area contributed by atoms with Crippen molar-refractivity contribution in [3.63, 3.8) is 0 Å². The maximum atomic E-state index is 13.2. The van der Waals surface area contributed by atoms with Crippen LogP contribution in [-0.4, -0.2) is 24.6 Å².